The minimum Gasteiger partial charge on any atom is -0.444 e. The van der Waals surface area contributed by atoms with Crippen LogP contribution in [0.2, 0.25) is 0 Å². The molecular formula is C25H37N7O7. The molecule has 5 atom stereocenters. The lowest BCUT2D eigenvalue weighted by Crippen LogP contribution is -2.42. The molecule has 5 rings (SSSR count). The number of fused-ring (bicyclic) bond motifs is 1. The largest absolute Gasteiger partial charge is 0.444 e. The topological polar surface area (TPSA) is 187 Å². The number of likely N-dealkylation sites (tertiary alicyclic amines) is 1. The number of aryl methyl sites for hydroxylation is 1. The van der Waals surface area contributed by atoms with Crippen LogP contribution in [0.25, 0.3) is 11.2 Å². The van der Waals surface area contributed by atoms with Gasteiger partial charge in [-0.15, -0.1) is 0 Å². The summed E-state index contributed by atoms with van der Waals surface area (Å²) in [5, 5.41) is 23.6. The number of nitrogen functional groups attached to an aromatic ring is 1. The van der Waals surface area contributed by atoms with E-state index in [1.54, 1.807) is 11.8 Å². The molecule has 2 unspecified atom stereocenters. The first-order chi connectivity index (χ1) is 18.9. The molecule has 0 bridgehead atoms. The van der Waals surface area contributed by atoms with Crippen LogP contribution >= 0.6 is 0 Å². The van der Waals surface area contributed by atoms with Crippen LogP contribution in [-0.2, 0) is 25.4 Å². The third kappa shape index (κ3) is 5.93. The van der Waals surface area contributed by atoms with Crippen molar-refractivity contribution in [3.05, 3.63) is 12.2 Å². The molecule has 5 N–H and O–H groups in total. The highest BCUT2D eigenvalue weighted by Gasteiger charge is 2.47. The number of rotatable bonds is 8. The Morgan fingerprint density at radius 1 is 1.21 bits per heavy atom. The van der Waals surface area contributed by atoms with Crippen molar-refractivity contribution in [3.63, 3.8) is 0 Å². The van der Waals surface area contributed by atoms with Gasteiger partial charge in [0.2, 0.25) is 0 Å². The van der Waals surface area contributed by atoms with Crippen LogP contribution in [0.3, 0.4) is 0 Å². The highest BCUT2D eigenvalue weighted by molar-refractivity contribution is 5.83. The van der Waals surface area contributed by atoms with Crippen LogP contribution in [-0.4, -0.2) is 104 Å². The van der Waals surface area contributed by atoms with Gasteiger partial charge >= 0.3 is 6.09 Å². The fourth-order valence-electron chi connectivity index (χ4n) is 5.44. The number of nitrogens with zero attached hydrogens (tertiary/aromatic N) is 5. The van der Waals surface area contributed by atoms with Crippen molar-refractivity contribution in [3.8, 4) is 0 Å². The number of ether oxygens (including phenoxy) is 3. The molecule has 214 valence electrons. The molecular weight excluding hydrogens is 510 g/mol. The molecule has 0 aliphatic carbocycles. The van der Waals surface area contributed by atoms with E-state index in [1.165, 1.54) is 10.9 Å². The molecule has 0 spiro atoms. The number of hydrogen-bond donors (Lipinski definition) is 4. The van der Waals surface area contributed by atoms with Crippen LogP contribution in [0.4, 0.5) is 10.6 Å². The number of nitrogens with one attached hydrogen (secondary N) is 1. The normalized spacial score (nSPS) is 27.8. The number of aliphatic hydroxyl groups excluding tert-OH is 2. The fraction of sp³-hybridized carbons (Fsp3) is 0.720. The van der Waals surface area contributed by atoms with Crippen molar-refractivity contribution < 1.29 is 34.0 Å². The molecule has 5 heterocycles. The van der Waals surface area contributed by atoms with E-state index in [1.807, 2.05) is 0 Å². The molecule has 3 aliphatic rings. The molecule has 0 saturated carbocycles. The van der Waals surface area contributed by atoms with E-state index in [4.69, 9.17) is 19.9 Å². The number of amides is 2. The van der Waals surface area contributed by atoms with Crippen molar-refractivity contribution in [1.29, 1.82) is 0 Å². The number of piperidine rings is 1. The molecule has 39 heavy (non-hydrogen) atoms. The number of nitrogens with two attached hydrogens (primary N) is 1. The molecule has 3 saturated heterocycles. The second-order valence-electron chi connectivity index (χ2n) is 10.4. The summed E-state index contributed by atoms with van der Waals surface area (Å²) >= 11 is 0. The lowest BCUT2D eigenvalue weighted by molar-refractivity contribution is -0.137. The van der Waals surface area contributed by atoms with E-state index in [9.17, 15) is 19.8 Å². The number of anilines is 1. The fourth-order valence-corrected chi connectivity index (χ4v) is 5.44. The summed E-state index contributed by atoms with van der Waals surface area (Å²) in [5.74, 6) is 0.735. The van der Waals surface area contributed by atoms with Gasteiger partial charge in [-0.25, -0.2) is 19.7 Å². The predicted octanol–water partition coefficient (Wildman–Crippen LogP) is 0.124. The van der Waals surface area contributed by atoms with Gasteiger partial charge in [0.25, 0.3) is 5.91 Å². The first-order valence-electron chi connectivity index (χ1n) is 13.7. The van der Waals surface area contributed by atoms with Crippen LogP contribution in [0.1, 0.15) is 51.1 Å². The van der Waals surface area contributed by atoms with Gasteiger partial charge in [-0.05, 0) is 38.5 Å². The maximum absolute atomic E-state index is 12.4. The van der Waals surface area contributed by atoms with Crippen LogP contribution < -0.4 is 11.1 Å². The number of aliphatic hydroxyl groups is 2. The summed E-state index contributed by atoms with van der Waals surface area (Å²) in [5.41, 5.74) is 6.88. The van der Waals surface area contributed by atoms with E-state index < -0.39 is 30.4 Å². The molecule has 2 aromatic rings. The Hall–Kier alpha value is -3.07. The Kier molecular flexibility index (Phi) is 8.45. The van der Waals surface area contributed by atoms with Gasteiger partial charge in [-0.2, -0.15) is 0 Å². The maximum atomic E-state index is 12.4. The monoisotopic (exact) mass is 547 g/mol. The quantitative estimate of drug-likeness (QED) is 0.352. The molecule has 3 fully saturated rings. The molecule has 3 aliphatic heterocycles. The summed E-state index contributed by atoms with van der Waals surface area (Å²) < 4.78 is 18.0. The Labute approximate surface area is 225 Å². The number of carbonyl (C=O) groups is 2. The third-order valence-electron chi connectivity index (χ3n) is 7.66. The summed E-state index contributed by atoms with van der Waals surface area (Å²) in [6.45, 7) is 4.60. The average molecular weight is 548 g/mol. The zero-order chi connectivity index (χ0) is 27.5. The van der Waals surface area contributed by atoms with E-state index in [0.717, 1.165) is 32.1 Å². The molecule has 14 heteroatoms. The zero-order valence-corrected chi connectivity index (χ0v) is 22.1. The summed E-state index contributed by atoms with van der Waals surface area (Å²) in [7, 11) is 0. The number of likely N-dealkylation sites (N-methyl/N-ethyl adjacent to an activating group) is 1. The number of hydrogen-bond acceptors (Lipinski definition) is 11. The Balaban J connectivity index is 1.16. The van der Waals surface area contributed by atoms with E-state index in [-0.39, 0.29) is 18.0 Å². The van der Waals surface area contributed by atoms with Crippen molar-refractivity contribution in [2.24, 2.45) is 5.92 Å². The third-order valence-corrected chi connectivity index (χ3v) is 7.66. The van der Waals surface area contributed by atoms with Crippen molar-refractivity contribution >= 4 is 29.0 Å². The van der Waals surface area contributed by atoms with Crippen LogP contribution in [0.5, 0.6) is 0 Å². The van der Waals surface area contributed by atoms with Gasteiger partial charge in [0, 0.05) is 32.5 Å². The lowest BCUT2D eigenvalue weighted by atomic mass is 9.91. The SMILES string of the molecule is CCNC(=O)[C@H]1O[C@@H](n2cnc3c(N)nc(CCCC4CCN(C(=O)OC5CCOC5)CC4)nc32)C(O)[C@H]1O. The minimum absolute atomic E-state index is 0.133. The average Bonchev–Trinajstić information content (AvgIpc) is 3.65. The smallest absolute Gasteiger partial charge is 0.410 e. The Bertz CT molecular complexity index is 1160. The Morgan fingerprint density at radius 2 is 2.00 bits per heavy atom. The van der Waals surface area contributed by atoms with Gasteiger partial charge < -0.3 is 40.4 Å². The summed E-state index contributed by atoms with van der Waals surface area (Å²) in [4.78, 5) is 39.7. The first-order valence-corrected chi connectivity index (χ1v) is 13.7. The Morgan fingerprint density at radius 3 is 2.72 bits per heavy atom. The van der Waals surface area contributed by atoms with Crippen LogP contribution in [0, 0.1) is 5.92 Å². The van der Waals surface area contributed by atoms with E-state index in [0.29, 0.717) is 62.2 Å². The molecule has 14 nitrogen and oxygen atoms in total. The predicted molar refractivity (Wildman–Crippen MR) is 137 cm³/mol. The summed E-state index contributed by atoms with van der Waals surface area (Å²) in [6.07, 6.45) is 0.981. The van der Waals surface area contributed by atoms with Gasteiger partial charge in [0.1, 0.15) is 29.7 Å². The second kappa shape index (κ2) is 12.0. The lowest BCUT2D eigenvalue weighted by Gasteiger charge is -2.32. The molecule has 0 radical (unpaired) electrons. The number of carbonyl (C=O) groups excluding carboxylic acids is 2. The van der Waals surface area contributed by atoms with Crippen molar-refractivity contribution in [1.82, 2.24) is 29.7 Å². The van der Waals surface area contributed by atoms with Crippen molar-refractivity contribution in [2.45, 2.75) is 76.1 Å². The highest BCUT2D eigenvalue weighted by Crippen LogP contribution is 2.32. The molecule has 2 amide bonds. The standard InChI is InChI=1S/C25H37N7O7/c1-2-27-23(35)20-18(33)19(34)24(39-20)32-13-28-17-21(26)29-16(30-22(17)32)5-3-4-14-6-9-31(10-7-14)25(36)38-15-8-11-37-12-15/h13-15,18-20,24,33-34H,2-12H2,1H3,(H,27,35)(H2,26,29,30)/t15?,18-,19?,20+,24-/m1/s1. The molecule has 2 aromatic heterocycles. The van der Waals surface area contributed by atoms with E-state index >= 15 is 0 Å². The maximum Gasteiger partial charge on any atom is 0.410 e. The van der Waals surface area contributed by atoms with Gasteiger partial charge in [0.15, 0.2) is 23.8 Å². The minimum atomic E-state index is -1.40. The number of aromatic nitrogens is 4. The van der Waals surface area contributed by atoms with Gasteiger partial charge in [-0.3, -0.25) is 9.36 Å². The van der Waals surface area contributed by atoms with E-state index in [2.05, 4.69) is 20.3 Å². The highest BCUT2D eigenvalue weighted by atomic mass is 16.6. The van der Waals surface area contributed by atoms with Gasteiger partial charge in [0.05, 0.1) is 19.5 Å². The van der Waals surface area contributed by atoms with Crippen LogP contribution in [0.15, 0.2) is 6.33 Å². The van der Waals surface area contributed by atoms with Gasteiger partial charge in [-0.1, -0.05) is 0 Å². The molecule has 0 aromatic carbocycles. The number of imidazole rings is 1. The first kappa shape index (κ1) is 27.5. The summed E-state index contributed by atoms with van der Waals surface area (Å²) in [6, 6.07) is 0. The zero-order valence-electron chi connectivity index (χ0n) is 22.1. The van der Waals surface area contributed by atoms with Crippen molar-refractivity contribution in [2.75, 3.05) is 38.6 Å². The second-order valence-corrected chi connectivity index (χ2v) is 10.4.